The summed E-state index contributed by atoms with van der Waals surface area (Å²) in [5.41, 5.74) is 0.653. The number of amides is 2. The Kier molecular flexibility index (Phi) is 5.62. The maximum atomic E-state index is 12.4. The highest BCUT2D eigenvalue weighted by Gasteiger charge is 2.51. The Labute approximate surface area is 140 Å². The third-order valence-corrected chi connectivity index (χ3v) is 4.71. The van der Waals surface area contributed by atoms with Crippen LogP contribution in [0.4, 0.5) is 0 Å². The highest BCUT2D eigenvalue weighted by atomic mass is 79.9. The van der Waals surface area contributed by atoms with Crippen LogP contribution in [0.5, 0.6) is 0 Å². The van der Waals surface area contributed by atoms with E-state index in [1.54, 1.807) is 0 Å². The van der Waals surface area contributed by atoms with Crippen LogP contribution < -0.4 is 10.6 Å². The SMILES string of the molecule is CCC(C)NC(=O)CCNC(=O)C1(c2cccc(Br)c2)CC1. The first-order valence-electron chi connectivity index (χ1n) is 7.81. The maximum absolute atomic E-state index is 12.4. The lowest BCUT2D eigenvalue weighted by atomic mass is 9.95. The van der Waals surface area contributed by atoms with Crippen molar-refractivity contribution in [1.29, 1.82) is 0 Å². The molecule has 1 aromatic rings. The van der Waals surface area contributed by atoms with Gasteiger partial charge >= 0.3 is 0 Å². The fourth-order valence-electron chi connectivity index (χ4n) is 2.47. The Hall–Kier alpha value is -1.36. The zero-order chi connectivity index (χ0) is 16.2. The summed E-state index contributed by atoms with van der Waals surface area (Å²) in [7, 11) is 0. The second-order valence-corrected chi connectivity index (χ2v) is 6.89. The quantitative estimate of drug-likeness (QED) is 0.779. The van der Waals surface area contributed by atoms with Crippen LogP contribution in [0.2, 0.25) is 0 Å². The molecule has 1 saturated carbocycles. The molecule has 2 amide bonds. The number of halogens is 1. The highest BCUT2D eigenvalue weighted by Crippen LogP contribution is 2.48. The van der Waals surface area contributed by atoms with Gasteiger partial charge in [0.2, 0.25) is 11.8 Å². The number of hydrogen-bond donors (Lipinski definition) is 2. The first-order chi connectivity index (χ1) is 10.5. The van der Waals surface area contributed by atoms with Crippen LogP contribution in [0.25, 0.3) is 0 Å². The second-order valence-electron chi connectivity index (χ2n) is 5.98. The molecular formula is C17H23BrN2O2. The van der Waals surface area contributed by atoms with Crippen molar-refractivity contribution in [1.82, 2.24) is 10.6 Å². The van der Waals surface area contributed by atoms with Crippen molar-refractivity contribution in [2.45, 2.75) is 51.0 Å². The van der Waals surface area contributed by atoms with Crippen LogP contribution in [0.1, 0.15) is 45.1 Å². The van der Waals surface area contributed by atoms with E-state index in [0.29, 0.717) is 13.0 Å². The molecule has 4 nitrogen and oxygen atoms in total. The van der Waals surface area contributed by atoms with Crippen LogP contribution in [0.15, 0.2) is 28.7 Å². The fourth-order valence-corrected chi connectivity index (χ4v) is 2.87. The van der Waals surface area contributed by atoms with Gasteiger partial charge in [0.25, 0.3) is 0 Å². The Morgan fingerprint density at radius 3 is 2.68 bits per heavy atom. The van der Waals surface area contributed by atoms with Crippen LogP contribution in [0.3, 0.4) is 0 Å². The van der Waals surface area contributed by atoms with Crippen molar-refractivity contribution in [3.05, 3.63) is 34.3 Å². The fraction of sp³-hybridized carbons (Fsp3) is 0.529. The van der Waals surface area contributed by atoms with Gasteiger partial charge in [-0.05, 0) is 43.9 Å². The summed E-state index contributed by atoms with van der Waals surface area (Å²) < 4.78 is 0.983. The number of benzene rings is 1. The number of nitrogens with one attached hydrogen (secondary N) is 2. The van der Waals surface area contributed by atoms with E-state index in [9.17, 15) is 9.59 Å². The van der Waals surface area contributed by atoms with Crippen molar-refractivity contribution in [3.8, 4) is 0 Å². The average Bonchev–Trinajstić information content (AvgIpc) is 3.28. The van der Waals surface area contributed by atoms with Gasteiger partial charge in [-0.2, -0.15) is 0 Å². The van der Waals surface area contributed by atoms with E-state index in [1.807, 2.05) is 38.1 Å². The Morgan fingerprint density at radius 2 is 2.09 bits per heavy atom. The number of hydrogen-bond acceptors (Lipinski definition) is 2. The molecule has 1 unspecified atom stereocenters. The lowest BCUT2D eigenvalue weighted by Crippen LogP contribution is -2.38. The van der Waals surface area contributed by atoms with Gasteiger partial charge < -0.3 is 10.6 Å². The van der Waals surface area contributed by atoms with Gasteiger partial charge in [-0.25, -0.2) is 0 Å². The minimum Gasteiger partial charge on any atom is -0.355 e. The van der Waals surface area contributed by atoms with E-state index in [-0.39, 0.29) is 17.9 Å². The molecule has 1 aromatic carbocycles. The maximum Gasteiger partial charge on any atom is 0.230 e. The summed E-state index contributed by atoms with van der Waals surface area (Å²) in [6.07, 6.45) is 2.97. The summed E-state index contributed by atoms with van der Waals surface area (Å²) >= 11 is 3.45. The normalized spacial score (nSPS) is 16.7. The van der Waals surface area contributed by atoms with E-state index in [0.717, 1.165) is 29.3 Å². The van der Waals surface area contributed by atoms with E-state index in [2.05, 4.69) is 26.6 Å². The molecule has 0 heterocycles. The Bertz CT molecular complexity index is 555. The summed E-state index contributed by atoms with van der Waals surface area (Å²) in [6.45, 7) is 4.39. The van der Waals surface area contributed by atoms with Crippen molar-refractivity contribution in [3.63, 3.8) is 0 Å². The topological polar surface area (TPSA) is 58.2 Å². The predicted molar refractivity (Wildman–Crippen MR) is 90.6 cm³/mol. The third-order valence-electron chi connectivity index (χ3n) is 4.22. The largest absolute Gasteiger partial charge is 0.355 e. The van der Waals surface area contributed by atoms with Crippen LogP contribution >= 0.6 is 15.9 Å². The van der Waals surface area contributed by atoms with E-state index < -0.39 is 5.41 Å². The number of carbonyl (C=O) groups is 2. The monoisotopic (exact) mass is 366 g/mol. The van der Waals surface area contributed by atoms with Crippen molar-refractivity contribution in [2.75, 3.05) is 6.54 Å². The first-order valence-corrected chi connectivity index (χ1v) is 8.61. The molecule has 0 spiro atoms. The van der Waals surface area contributed by atoms with Crippen molar-refractivity contribution < 1.29 is 9.59 Å². The van der Waals surface area contributed by atoms with Gasteiger partial charge in [0.15, 0.2) is 0 Å². The lowest BCUT2D eigenvalue weighted by Gasteiger charge is -2.16. The van der Waals surface area contributed by atoms with Gasteiger partial charge in [0.1, 0.15) is 0 Å². The molecule has 1 aliphatic carbocycles. The van der Waals surface area contributed by atoms with Crippen LogP contribution in [-0.2, 0) is 15.0 Å². The molecule has 1 fully saturated rings. The summed E-state index contributed by atoms with van der Waals surface area (Å²) in [6, 6.07) is 8.08. The van der Waals surface area contributed by atoms with Gasteiger partial charge in [0.05, 0.1) is 5.41 Å². The minimum absolute atomic E-state index is 0.0121. The predicted octanol–water partition coefficient (Wildman–Crippen LogP) is 2.90. The van der Waals surface area contributed by atoms with E-state index >= 15 is 0 Å². The standard InChI is InChI=1S/C17H23BrN2O2/c1-3-12(2)20-15(21)7-10-19-16(22)17(8-9-17)13-5-4-6-14(18)11-13/h4-6,11-12H,3,7-10H2,1-2H3,(H,19,22)(H,20,21). The lowest BCUT2D eigenvalue weighted by molar-refractivity contribution is -0.124. The molecule has 120 valence electrons. The van der Waals surface area contributed by atoms with Gasteiger partial charge in [-0.3, -0.25) is 9.59 Å². The smallest absolute Gasteiger partial charge is 0.230 e. The summed E-state index contributed by atoms with van der Waals surface area (Å²) in [5.74, 6) is 0.0175. The molecule has 22 heavy (non-hydrogen) atoms. The second kappa shape index (κ2) is 7.27. The van der Waals surface area contributed by atoms with Gasteiger partial charge in [0, 0.05) is 23.5 Å². The number of rotatable bonds is 7. The molecule has 0 bridgehead atoms. The van der Waals surface area contributed by atoms with Crippen molar-refractivity contribution >= 4 is 27.7 Å². The molecule has 0 radical (unpaired) electrons. The molecular weight excluding hydrogens is 344 g/mol. The Balaban J connectivity index is 1.84. The highest BCUT2D eigenvalue weighted by molar-refractivity contribution is 9.10. The summed E-state index contributed by atoms with van der Waals surface area (Å²) in [5, 5.41) is 5.81. The van der Waals surface area contributed by atoms with Gasteiger partial charge in [-0.1, -0.05) is 35.0 Å². The molecule has 5 heteroatoms. The first kappa shape index (κ1) is 17.0. The zero-order valence-electron chi connectivity index (χ0n) is 13.1. The molecule has 1 aliphatic rings. The molecule has 1 atom stereocenters. The molecule has 0 saturated heterocycles. The van der Waals surface area contributed by atoms with E-state index in [1.165, 1.54) is 0 Å². The third kappa shape index (κ3) is 4.09. The molecule has 2 rings (SSSR count). The molecule has 0 aliphatic heterocycles. The number of carbonyl (C=O) groups excluding carboxylic acids is 2. The van der Waals surface area contributed by atoms with Crippen molar-refractivity contribution in [2.24, 2.45) is 0 Å². The van der Waals surface area contributed by atoms with E-state index in [4.69, 9.17) is 0 Å². The molecule has 2 N–H and O–H groups in total. The molecule has 0 aromatic heterocycles. The minimum atomic E-state index is -0.392. The zero-order valence-corrected chi connectivity index (χ0v) is 14.7. The van der Waals surface area contributed by atoms with Crippen LogP contribution in [-0.4, -0.2) is 24.4 Å². The Morgan fingerprint density at radius 1 is 1.36 bits per heavy atom. The van der Waals surface area contributed by atoms with Crippen LogP contribution in [0, 0.1) is 0 Å². The summed E-state index contributed by atoms with van der Waals surface area (Å²) in [4.78, 5) is 24.1. The average molecular weight is 367 g/mol. The van der Waals surface area contributed by atoms with Gasteiger partial charge in [-0.15, -0.1) is 0 Å².